The SMILES string of the molecule is Cc1cc(C)cc(OCCCN2CC[C@H](N)C2)c1. The van der Waals surface area contributed by atoms with Crippen LogP contribution < -0.4 is 10.5 Å². The minimum absolute atomic E-state index is 0.380. The minimum atomic E-state index is 0.380. The highest BCUT2D eigenvalue weighted by Crippen LogP contribution is 2.16. The Bertz CT molecular complexity index is 372. The third kappa shape index (κ3) is 4.00. The van der Waals surface area contributed by atoms with Gasteiger partial charge in [-0.2, -0.15) is 0 Å². The number of rotatable bonds is 5. The second kappa shape index (κ2) is 6.21. The van der Waals surface area contributed by atoms with Crippen LogP contribution >= 0.6 is 0 Å². The van der Waals surface area contributed by atoms with E-state index in [1.165, 1.54) is 11.1 Å². The quantitative estimate of drug-likeness (QED) is 0.811. The van der Waals surface area contributed by atoms with Gasteiger partial charge in [-0.05, 0) is 56.5 Å². The summed E-state index contributed by atoms with van der Waals surface area (Å²) in [5.41, 5.74) is 8.40. The minimum Gasteiger partial charge on any atom is -0.494 e. The molecule has 0 radical (unpaired) electrons. The van der Waals surface area contributed by atoms with Crippen molar-refractivity contribution in [3.8, 4) is 5.75 Å². The molecule has 0 aliphatic carbocycles. The molecule has 0 bridgehead atoms. The summed E-state index contributed by atoms with van der Waals surface area (Å²) >= 11 is 0. The van der Waals surface area contributed by atoms with Gasteiger partial charge in [-0.3, -0.25) is 0 Å². The van der Waals surface area contributed by atoms with Gasteiger partial charge >= 0.3 is 0 Å². The van der Waals surface area contributed by atoms with Crippen molar-refractivity contribution in [1.29, 1.82) is 0 Å². The van der Waals surface area contributed by atoms with Crippen LogP contribution in [-0.2, 0) is 0 Å². The number of aryl methyl sites for hydroxylation is 2. The molecule has 0 unspecified atom stereocenters. The molecule has 2 N–H and O–H groups in total. The normalized spacial score (nSPS) is 20.3. The first-order valence-electron chi connectivity index (χ1n) is 6.82. The maximum absolute atomic E-state index is 5.88. The third-order valence-electron chi connectivity index (χ3n) is 3.39. The lowest BCUT2D eigenvalue weighted by Crippen LogP contribution is -2.28. The average molecular weight is 248 g/mol. The van der Waals surface area contributed by atoms with Crippen LogP contribution in [0.4, 0.5) is 0 Å². The molecule has 1 aliphatic heterocycles. The van der Waals surface area contributed by atoms with Gasteiger partial charge in [0.25, 0.3) is 0 Å². The van der Waals surface area contributed by atoms with Crippen LogP contribution in [0.15, 0.2) is 18.2 Å². The molecule has 1 atom stereocenters. The fourth-order valence-electron chi connectivity index (χ4n) is 2.56. The first-order valence-corrected chi connectivity index (χ1v) is 6.82. The van der Waals surface area contributed by atoms with Gasteiger partial charge < -0.3 is 15.4 Å². The van der Waals surface area contributed by atoms with Crippen molar-refractivity contribution < 1.29 is 4.74 Å². The fraction of sp³-hybridized carbons (Fsp3) is 0.600. The van der Waals surface area contributed by atoms with Gasteiger partial charge in [-0.25, -0.2) is 0 Å². The topological polar surface area (TPSA) is 38.5 Å². The van der Waals surface area contributed by atoms with E-state index in [1.807, 2.05) is 0 Å². The molecule has 1 fully saturated rings. The second-order valence-corrected chi connectivity index (χ2v) is 5.37. The van der Waals surface area contributed by atoms with Crippen molar-refractivity contribution in [1.82, 2.24) is 4.90 Å². The van der Waals surface area contributed by atoms with Crippen molar-refractivity contribution in [2.75, 3.05) is 26.2 Å². The molecule has 1 aliphatic rings. The highest BCUT2D eigenvalue weighted by molar-refractivity contribution is 5.32. The first-order chi connectivity index (χ1) is 8.63. The van der Waals surface area contributed by atoms with Crippen LogP contribution in [0.2, 0.25) is 0 Å². The molecular formula is C15H24N2O. The molecule has 1 saturated heterocycles. The molecule has 0 amide bonds. The predicted octanol–water partition coefficient (Wildman–Crippen LogP) is 2.11. The van der Waals surface area contributed by atoms with E-state index >= 15 is 0 Å². The summed E-state index contributed by atoms with van der Waals surface area (Å²) in [4.78, 5) is 2.43. The van der Waals surface area contributed by atoms with Gasteiger partial charge in [0.2, 0.25) is 0 Å². The maximum atomic E-state index is 5.88. The maximum Gasteiger partial charge on any atom is 0.119 e. The van der Waals surface area contributed by atoms with Crippen molar-refractivity contribution in [2.45, 2.75) is 32.7 Å². The zero-order valence-corrected chi connectivity index (χ0v) is 11.5. The number of hydrogen-bond donors (Lipinski definition) is 1. The van der Waals surface area contributed by atoms with E-state index in [-0.39, 0.29) is 0 Å². The van der Waals surface area contributed by atoms with E-state index in [0.29, 0.717) is 6.04 Å². The third-order valence-corrected chi connectivity index (χ3v) is 3.39. The second-order valence-electron chi connectivity index (χ2n) is 5.37. The van der Waals surface area contributed by atoms with Gasteiger partial charge in [0.1, 0.15) is 5.75 Å². The van der Waals surface area contributed by atoms with Crippen molar-refractivity contribution >= 4 is 0 Å². The van der Waals surface area contributed by atoms with Crippen LogP contribution in [0.3, 0.4) is 0 Å². The van der Waals surface area contributed by atoms with Crippen molar-refractivity contribution in [3.63, 3.8) is 0 Å². The molecule has 100 valence electrons. The average Bonchev–Trinajstić information content (AvgIpc) is 2.69. The Balaban J connectivity index is 1.68. The Morgan fingerprint density at radius 3 is 2.61 bits per heavy atom. The zero-order chi connectivity index (χ0) is 13.0. The Hall–Kier alpha value is -1.06. The zero-order valence-electron chi connectivity index (χ0n) is 11.5. The molecule has 2 rings (SSSR count). The van der Waals surface area contributed by atoms with Crippen LogP contribution in [-0.4, -0.2) is 37.2 Å². The Morgan fingerprint density at radius 2 is 2.00 bits per heavy atom. The number of benzene rings is 1. The van der Waals surface area contributed by atoms with Gasteiger partial charge in [0.05, 0.1) is 6.61 Å². The number of likely N-dealkylation sites (tertiary alicyclic amines) is 1. The lowest BCUT2D eigenvalue weighted by atomic mass is 10.1. The van der Waals surface area contributed by atoms with E-state index in [9.17, 15) is 0 Å². The standard InChI is InChI=1S/C15H24N2O/c1-12-8-13(2)10-15(9-12)18-7-3-5-17-6-4-14(16)11-17/h8-10,14H,3-7,11,16H2,1-2H3/t14-/m0/s1. The fourth-order valence-corrected chi connectivity index (χ4v) is 2.56. The van der Waals surface area contributed by atoms with E-state index in [4.69, 9.17) is 10.5 Å². The lowest BCUT2D eigenvalue weighted by molar-refractivity contribution is 0.261. The summed E-state index contributed by atoms with van der Waals surface area (Å²) in [6.07, 6.45) is 2.21. The highest BCUT2D eigenvalue weighted by Gasteiger charge is 2.17. The van der Waals surface area contributed by atoms with E-state index in [1.54, 1.807) is 0 Å². The predicted molar refractivity (Wildman–Crippen MR) is 75.1 cm³/mol. The summed E-state index contributed by atoms with van der Waals surface area (Å²) < 4.78 is 5.80. The Labute approximate surface area is 110 Å². The Morgan fingerprint density at radius 1 is 1.28 bits per heavy atom. The van der Waals surface area contributed by atoms with E-state index in [2.05, 4.69) is 36.9 Å². The summed E-state index contributed by atoms with van der Waals surface area (Å²) in [5.74, 6) is 0.991. The van der Waals surface area contributed by atoms with Gasteiger partial charge in [0, 0.05) is 19.1 Å². The summed E-state index contributed by atoms with van der Waals surface area (Å²) in [5, 5.41) is 0. The van der Waals surface area contributed by atoms with E-state index < -0.39 is 0 Å². The van der Waals surface area contributed by atoms with Crippen LogP contribution in [0, 0.1) is 13.8 Å². The van der Waals surface area contributed by atoms with E-state index in [0.717, 1.165) is 44.8 Å². The van der Waals surface area contributed by atoms with Crippen LogP contribution in [0.25, 0.3) is 0 Å². The summed E-state index contributed by atoms with van der Waals surface area (Å²) in [6, 6.07) is 6.74. The largest absolute Gasteiger partial charge is 0.494 e. The molecule has 1 heterocycles. The molecule has 3 nitrogen and oxygen atoms in total. The molecule has 0 saturated carbocycles. The molecule has 1 aromatic carbocycles. The van der Waals surface area contributed by atoms with Crippen LogP contribution in [0.5, 0.6) is 5.75 Å². The molecule has 0 aromatic heterocycles. The van der Waals surface area contributed by atoms with Gasteiger partial charge in [-0.15, -0.1) is 0 Å². The number of ether oxygens (including phenoxy) is 1. The highest BCUT2D eigenvalue weighted by atomic mass is 16.5. The monoisotopic (exact) mass is 248 g/mol. The summed E-state index contributed by atoms with van der Waals surface area (Å²) in [7, 11) is 0. The van der Waals surface area contributed by atoms with Gasteiger partial charge in [0.15, 0.2) is 0 Å². The Kier molecular flexibility index (Phi) is 4.61. The molecule has 1 aromatic rings. The lowest BCUT2D eigenvalue weighted by Gasteiger charge is -2.15. The molecule has 3 heteroatoms. The molecule has 18 heavy (non-hydrogen) atoms. The first kappa shape index (κ1) is 13.4. The molecular weight excluding hydrogens is 224 g/mol. The van der Waals surface area contributed by atoms with Crippen LogP contribution in [0.1, 0.15) is 24.0 Å². The van der Waals surface area contributed by atoms with Crippen molar-refractivity contribution in [2.24, 2.45) is 5.73 Å². The number of nitrogens with two attached hydrogens (primary N) is 1. The smallest absolute Gasteiger partial charge is 0.119 e. The molecule has 0 spiro atoms. The van der Waals surface area contributed by atoms with Gasteiger partial charge in [-0.1, -0.05) is 6.07 Å². The summed E-state index contributed by atoms with van der Waals surface area (Å²) in [6.45, 7) is 8.28. The number of nitrogens with zero attached hydrogens (tertiary/aromatic N) is 1. The number of hydrogen-bond acceptors (Lipinski definition) is 3. The van der Waals surface area contributed by atoms with Crippen molar-refractivity contribution in [3.05, 3.63) is 29.3 Å².